The molecule has 32 heavy (non-hydrogen) atoms. The highest BCUT2D eigenvalue weighted by molar-refractivity contribution is 7.89. The zero-order valence-corrected chi connectivity index (χ0v) is 18.6. The van der Waals surface area contributed by atoms with Gasteiger partial charge >= 0.3 is 5.97 Å². The van der Waals surface area contributed by atoms with Gasteiger partial charge in [-0.05, 0) is 55.3 Å². The van der Waals surface area contributed by atoms with Crippen LogP contribution in [0.25, 0.3) is 0 Å². The maximum absolute atomic E-state index is 13.4. The van der Waals surface area contributed by atoms with Crippen LogP contribution in [-0.4, -0.2) is 31.8 Å². The lowest BCUT2D eigenvalue weighted by Gasteiger charge is -2.38. The van der Waals surface area contributed by atoms with Crippen LogP contribution in [0.2, 0.25) is 5.02 Å². The minimum absolute atomic E-state index is 0.0932. The first kappa shape index (κ1) is 21.0. The molecule has 0 saturated carbocycles. The third kappa shape index (κ3) is 3.56. The standard InChI is InChI=1S/C24H20ClNO5S/c25-21-8-3-4-9-22(21)30-17-10-12-18(13-11-17)32(28,29)26-15-5-14-24(16-26)20-7-2-1-6-19(20)23(27)31-24/h1-4,6-13H,5,14-16H2. The van der Waals surface area contributed by atoms with Crippen LogP contribution in [0.4, 0.5) is 0 Å². The number of sulfonamides is 1. The molecule has 0 amide bonds. The van der Waals surface area contributed by atoms with Crippen LogP contribution in [0.15, 0.2) is 77.7 Å². The minimum atomic E-state index is -3.78. The molecule has 0 aromatic heterocycles. The van der Waals surface area contributed by atoms with Crippen molar-refractivity contribution in [2.24, 2.45) is 0 Å². The second-order valence-corrected chi connectivity index (χ2v) is 10.2. The molecular formula is C24H20ClNO5S. The summed E-state index contributed by atoms with van der Waals surface area (Å²) in [4.78, 5) is 12.5. The van der Waals surface area contributed by atoms with Crippen LogP contribution in [0, 0.1) is 0 Å². The van der Waals surface area contributed by atoms with E-state index in [-0.39, 0.29) is 11.4 Å². The summed E-state index contributed by atoms with van der Waals surface area (Å²) < 4.78 is 39.6. The molecule has 164 valence electrons. The summed E-state index contributed by atoms with van der Waals surface area (Å²) in [6.07, 6.45) is 1.18. The lowest BCUT2D eigenvalue weighted by molar-refractivity contribution is -0.0345. The quantitative estimate of drug-likeness (QED) is 0.504. The average molecular weight is 470 g/mol. The maximum Gasteiger partial charge on any atom is 0.339 e. The Balaban J connectivity index is 1.39. The Morgan fingerprint density at radius 1 is 0.969 bits per heavy atom. The van der Waals surface area contributed by atoms with E-state index in [0.717, 1.165) is 5.56 Å². The number of rotatable bonds is 4. The molecule has 0 radical (unpaired) electrons. The minimum Gasteiger partial charge on any atom is -0.456 e. The third-order valence-electron chi connectivity index (χ3n) is 5.87. The van der Waals surface area contributed by atoms with Gasteiger partial charge < -0.3 is 9.47 Å². The number of ether oxygens (including phenoxy) is 2. The number of carbonyl (C=O) groups is 1. The van der Waals surface area contributed by atoms with Crippen molar-refractivity contribution in [3.63, 3.8) is 0 Å². The van der Waals surface area contributed by atoms with Gasteiger partial charge in [0.15, 0.2) is 5.60 Å². The zero-order chi connectivity index (χ0) is 22.3. The summed E-state index contributed by atoms with van der Waals surface area (Å²) in [6.45, 7) is 0.456. The first-order chi connectivity index (χ1) is 15.4. The van der Waals surface area contributed by atoms with Gasteiger partial charge in [0.2, 0.25) is 10.0 Å². The summed E-state index contributed by atoms with van der Waals surface area (Å²) in [7, 11) is -3.78. The number of esters is 1. The van der Waals surface area contributed by atoms with E-state index in [0.29, 0.717) is 41.5 Å². The Bertz CT molecular complexity index is 1290. The van der Waals surface area contributed by atoms with E-state index in [1.54, 1.807) is 48.5 Å². The molecule has 1 unspecified atom stereocenters. The molecule has 2 aliphatic heterocycles. The molecule has 0 aliphatic carbocycles. The third-order valence-corrected chi connectivity index (χ3v) is 8.04. The van der Waals surface area contributed by atoms with Gasteiger partial charge in [-0.25, -0.2) is 13.2 Å². The van der Waals surface area contributed by atoms with Crippen molar-refractivity contribution in [1.82, 2.24) is 4.31 Å². The van der Waals surface area contributed by atoms with E-state index >= 15 is 0 Å². The molecule has 0 bridgehead atoms. The van der Waals surface area contributed by atoms with Crippen molar-refractivity contribution in [1.29, 1.82) is 0 Å². The summed E-state index contributed by atoms with van der Waals surface area (Å²) in [5.41, 5.74) is 0.327. The fourth-order valence-corrected chi connectivity index (χ4v) is 6.02. The maximum atomic E-state index is 13.4. The highest BCUT2D eigenvalue weighted by atomic mass is 35.5. The Labute approximate surface area is 191 Å². The van der Waals surface area contributed by atoms with Gasteiger partial charge in [-0.3, -0.25) is 0 Å². The van der Waals surface area contributed by atoms with Crippen LogP contribution in [-0.2, 0) is 20.4 Å². The van der Waals surface area contributed by atoms with Crippen molar-refractivity contribution in [3.05, 3.63) is 88.9 Å². The van der Waals surface area contributed by atoms with E-state index in [1.165, 1.54) is 16.4 Å². The Morgan fingerprint density at radius 2 is 1.69 bits per heavy atom. The second kappa shape index (κ2) is 7.92. The number of hydrogen-bond donors (Lipinski definition) is 0. The number of nitrogens with zero attached hydrogens (tertiary/aromatic N) is 1. The lowest BCUT2D eigenvalue weighted by atomic mass is 9.86. The molecule has 8 heteroatoms. The van der Waals surface area contributed by atoms with Crippen LogP contribution < -0.4 is 4.74 Å². The van der Waals surface area contributed by atoms with Crippen LogP contribution in [0.1, 0.15) is 28.8 Å². The van der Waals surface area contributed by atoms with Gasteiger partial charge in [0.25, 0.3) is 0 Å². The lowest BCUT2D eigenvalue weighted by Crippen LogP contribution is -2.48. The molecule has 3 aromatic rings. The second-order valence-electron chi connectivity index (χ2n) is 7.88. The van der Waals surface area contributed by atoms with Gasteiger partial charge in [0.1, 0.15) is 11.5 Å². The van der Waals surface area contributed by atoms with Gasteiger partial charge in [-0.1, -0.05) is 41.9 Å². The molecule has 5 rings (SSSR count). The van der Waals surface area contributed by atoms with Crippen molar-refractivity contribution < 1.29 is 22.7 Å². The predicted molar refractivity (Wildman–Crippen MR) is 119 cm³/mol. The molecule has 2 heterocycles. The van der Waals surface area contributed by atoms with E-state index in [4.69, 9.17) is 21.1 Å². The van der Waals surface area contributed by atoms with E-state index < -0.39 is 21.6 Å². The molecular weight excluding hydrogens is 450 g/mol. The van der Waals surface area contributed by atoms with E-state index in [9.17, 15) is 13.2 Å². The highest BCUT2D eigenvalue weighted by Crippen LogP contribution is 2.44. The monoisotopic (exact) mass is 469 g/mol. The van der Waals surface area contributed by atoms with Crippen LogP contribution >= 0.6 is 11.6 Å². The number of benzene rings is 3. The SMILES string of the molecule is O=C1OC2(CCCN(S(=O)(=O)c3ccc(Oc4ccccc4Cl)cc3)C2)c2ccccc21. The number of para-hydroxylation sites is 1. The first-order valence-corrected chi connectivity index (χ1v) is 12.1. The number of fused-ring (bicyclic) bond motifs is 2. The van der Waals surface area contributed by atoms with Crippen molar-refractivity contribution in [2.45, 2.75) is 23.3 Å². The smallest absolute Gasteiger partial charge is 0.339 e. The van der Waals surface area contributed by atoms with Crippen molar-refractivity contribution in [2.75, 3.05) is 13.1 Å². The topological polar surface area (TPSA) is 72.9 Å². The fourth-order valence-electron chi connectivity index (χ4n) is 4.32. The van der Waals surface area contributed by atoms with E-state index in [2.05, 4.69) is 0 Å². The van der Waals surface area contributed by atoms with Crippen LogP contribution in [0.5, 0.6) is 11.5 Å². The average Bonchev–Trinajstić information content (AvgIpc) is 3.07. The molecule has 0 N–H and O–H groups in total. The Hall–Kier alpha value is -2.87. The highest BCUT2D eigenvalue weighted by Gasteiger charge is 2.50. The largest absolute Gasteiger partial charge is 0.456 e. The predicted octanol–water partition coefficient (Wildman–Crippen LogP) is 4.98. The molecule has 1 spiro atoms. The summed E-state index contributed by atoms with van der Waals surface area (Å²) in [6, 6.07) is 20.5. The molecule has 1 saturated heterocycles. The Morgan fingerprint density at radius 3 is 2.47 bits per heavy atom. The number of carbonyl (C=O) groups excluding carboxylic acids is 1. The van der Waals surface area contributed by atoms with Crippen molar-refractivity contribution in [3.8, 4) is 11.5 Å². The Kier molecular flexibility index (Phi) is 5.20. The van der Waals surface area contributed by atoms with Gasteiger partial charge in [-0.2, -0.15) is 4.31 Å². The molecule has 6 nitrogen and oxygen atoms in total. The van der Waals surface area contributed by atoms with Gasteiger partial charge in [-0.15, -0.1) is 0 Å². The molecule has 1 fully saturated rings. The molecule has 1 atom stereocenters. The summed E-state index contributed by atoms with van der Waals surface area (Å²) >= 11 is 6.12. The molecule has 2 aliphatic rings. The normalized spacial score (nSPS) is 20.7. The molecule has 3 aromatic carbocycles. The van der Waals surface area contributed by atoms with Crippen LogP contribution in [0.3, 0.4) is 0 Å². The summed E-state index contributed by atoms with van der Waals surface area (Å²) in [5, 5.41) is 0.467. The summed E-state index contributed by atoms with van der Waals surface area (Å²) in [5.74, 6) is 0.566. The number of piperidine rings is 1. The number of hydrogen-bond acceptors (Lipinski definition) is 5. The van der Waals surface area contributed by atoms with Crippen molar-refractivity contribution >= 4 is 27.6 Å². The van der Waals surface area contributed by atoms with Gasteiger partial charge in [0, 0.05) is 12.1 Å². The zero-order valence-electron chi connectivity index (χ0n) is 17.0. The van der Waals surface area contributed by atoms with Gasteiger partial charge in [0.05, 0.1) is 22.0 Å². The number of halogens is 1. The van der Waals surface area contributed by atoms with E-state index in [1.807, 2.05) is 12.1 Å². The first-order valence-electron chi connectivity index (χ1n) is 10.2. The fraction of sp³-hybridized carbons (Fsp3) is 0.208.